The highest BCUT2D eigenvalue weighted by Crippen LogP contribution is 2.21. The second-order valence-electron chi connectivity index (χ2n) is 4.52. The number of carbonyl (C=O) groups excluding carboxylic acids is 1. The summed E-state index contributed by atoms with van der Waals surface area (Å²) in [5, 5.41) is 6.74. The van der Waals surface area contributed by atoms with Crippen LogP contribution in [-0.4, -0.2) is 42.7 Å². The summed E-state index contributed by atoms with van der Waals surface area (Å²) >= 11 is 0. The van der Waals surface area contributed by atoms with Gasteiger partial charge in [0.2, 0.25) is 5.91 Å². The van der Waals surface area contributed by atoms with Crippen molar-refractivity contribution in [2.24, 2.45) is 0 Å². The fraction of sp³-hybridized carbons (Fsp3) is 0.357. The molecule has 0 spiro atoms. The van der Waals surface area contributed by atoms with Gasteiger partial charge in [-0.05, 0) is 18.2 Å². The smallest absolute Gasteiger partial charge is 0.221 e. The molecule has 7 nitrogen and oxygen atoms in total. The molecule has 0 fully saturated rings. The van der Waals surface area contributed by atoms with E-state index in [1.807, 2.05) is 12.1 Å². The molecule has 7 heteroatoms. The van der Waals surface area contributed by atoms with Gasteiger partial charge in [-0.25, -0.2) is 9.97 Å². The van der Waals surface area contributed by atoms with Gasteiger partial charge in [0.1, 0.15) is 12.1 Å². The van der Waals surface area contributed by atoms with E-state index in [1.165, 1.54) is 6.33 Å². The van der Waals surface area contributed by atoms with Crippen LogP contribution >= 0.6 is 0 Å². The van der Waals surface area contributed by atoms with Crippen LogP contribution in [-0.2, 0) is 9.53 Å². The molecule has 0 aliphatic heterocycles. The van der Waals surface area contributed by atoms with Gasteiger partial charge >= 0.3 is 0 Å². The molecule has 2 aromatic rings. The lowest BCUT2D eigenvalue weighted by Gasteiger charge is -2.09. The summed E-state index contributed by atoms with van der Waals surface area (Å²) < 4.78 is 4.87. The van der Waals surface area contributed by atoms with Crippen LogP contribution in [0.15, 0.2) is 24.5 Å². The fourth-order valence-electron chi connectivity index (χ4n) is 1.89. The maximum Gasteiger partial charge on any atom is 0.221 e. The number of amides is 1. The maximum absolute atomic E-state index is 11.6. The van der Waals surface area contributed by atoms with Crippen molar-refractivity contribution < 1.29 is 9.53 Å². The summed E-state index contributed by atoms with van der Waals surface area (Å²) in [6.45, 7) is 1.51. The lowest BCUT2D eigenvalue weighted by atomic mass is 10.2. The van der Waals surface area contributed by atoms with Gasteiger partial charge in [-0.3, -0.25) is 4.79 Å². The number of aromatic nitrogens is 2. The highest BCUT2D eigenvalue weighted by Gasteiger charge is 2.05. The number of hydrogen-bond acceptors (Lipinski definition) is 6. The Morgan fingerprint density at radius 2 is 2.19 bits per heavy atom. The first-order chi connectivity index (χ1) is 10.2. The minimum Gasteiger partial charge on any atom is -0.399 e. The molecule has 1 amide bonds. The van der Waals surface area contributed by atoms with E-state index < -0.39 is 0 Å². The van der Waals surface area contributed by atoms with Crippen LogP contribution in [0.25, 0.3) is 10.9 Å². The van der Waals surface area contributed by atoms with Crippen LogP contribution in [0.5, 0.6) is 0 Å². The number of nitrogens with two attached hydrogens (primary N) is 1. The SMILES string of the molecule is COCCNC(=O)CCNc1ncnc2ccc(N)cc12. The van der Waals surface area contributed by atoms with Crippen molar-refractivity contribution in [1.82, 2.24) is 15.3 Å². The maximum atomic E-state index is 11.6. The average molecular weight is 289 g/mol. The van der Waals surface area contributed by atoms with Crippen LogP contribution in [0, 0.1) is 0 Å². The molecular weight excluding hydrogens is 270 g/mol. The molecule has 0 saturated heterocycles. The van der Waals surface area contributed by atoms with Gasteiger partial charge in [0.15, 0.2) is 0 Å². The molecule has 0 unspecified atom stereocenters. The zero-order chi connectivity index (χ0) is 15.1. The van der Waals surface area contributed by atoms with Gasteiger partial charge in [-0.15, -0.1) is 0 Å². The van der Waals surface area contributed by atoms with Gasteiger partial charge in [0.05, 0.1) is 12.1 Å². The van der Waals surface area contributed by atoms with E-state index in [4.69, 9.17) is 10.5 Å². The van der Waals surface area contributed by atoms with E-state index in [0.717, 1.165) is 10.9 Å². The van der Waals surface area contributed by atoms with E-state index in [9.17, 15) is 4.79 Å². The highest BCUT2D eigenvalue weighted by atomic mass is 16.5. The quantitative estimate of drug-likeness (QED) is 0.514. The second kappa shape index (κ2) is 7.39. The van der Waals surface area contributed by atoms with Crippen molar-refractivity contribution in [3.8, 4) is 0 Å². The monoisotopic (exact) mass is 289 g/mol. The highest BCUT2D eigenvalue weighted by molar-refractivity contribution is 5.91. The molecule has 21 heavy (non-hydrogen) atoms. The molecule has 0 aliphatic rings. The van der Waals surface area contributed by atoms with E-state index in [-0.39, 0.29) is 5.91 Å². The molecule has 2 rings (SSSR count). The van der Waals surface area contributed by atoms with Crippen LogP contribution < -0.4 is 16.4 Å². The minimum atomic E-state index is -0.0302. The van der Waals surface area contributed by atoms with Crippen LogP contribution in [0.3, 0.4) is 0 Å². The third kappa shape index (κ3) is 4.28. The second-order valence-corrected chi connectivity index (χ2v) is 4.52. The van der Waals surface area contributed by atoms with Crippen molar-refractivity contribution in [3.05, 3.63) is 24.5 Å². The zero-order valence-electron chi connectivity index (χ0n) is 11.9. The summed E-state index contributed by atoms with van der Waals surface area (Å²) in [5.74, 6) is 0.648. The Balaban J connectivity index is 1.91. The van der Waals surface area contributed by atoms with Crippen molar-refractivity contribution in [1.29, 1.82) is 0 Å². The number of nitrogens with zero attached hydrogens (tertiary/aromatic N) is 2. The molecular formula is C14H19N5O2. The first-order valence-corrected chi connectivity index (χ1v) is 6.70. The molecule has 4 N–H and O–H groups in total. The zero-order valence-corrected chi connectivity index (χ0v) is 11.9. The fourth-order valence-corrected chi connectivity index (χ4v) is 1.89. The number of rotatable bonds is 7. The van der Waals surface area contributed by atoms with Gasteiger partial charge in [0.25, 0.3) is 0 Å². The molecule has 0 saturated carbocycles. The lowest BCUT2D eigenvalue weighted by molar-refractivity contribution is -0.121. The number of fused-ring (bicyclic) bond motifs is 1. The molecule has 112 valence electrons. The Bertz CT molecular complexity index is 617. The van der Waals surface area contributed by atoms with E-state index >= 15 is 0 Å². The number of benzene rings is 1. The number of nitrogens with one attached hydrogen (secondary N) is 2. The molecule has 1 aromatic heterocycles. The Labute approximate surface area is 122 Å². The number of methoxy groups -OCH3 is 1. The summed E-state index contributed by atoms with van der Waals surface area (Å²) in [4.78, 5) is 19.9. The standard InChI is InChI=1S/C14H19N5O2/c1-21-7-6-16-13(20)4-5-17-14-11-8-10(15)2-3-12(11)18-9-19-14/h2-3,8-9H,4-7,15H2,1H3,(H,16,20)(H,17,18,19). The Morgan fingerprint density at radius 3 is 3.00 bits per heavy atom. The minimum absolute atomic E-state index is 0.0302. The molecule has 0 aliphatic carbocycles. The van der Waals surface area contributed by atoms with Gasteiger partial charge in [0, 0.05) is 37.7 Å². The van der Waals surface area contributed by atoms with Gasteiger partial charge < -0.3 is 21.1 Å². The Hall–Kier alpha value is -2.41. The normalized spacial score (nSPS) is 10.5. The third-order valence-electron chi connectivity index (χ3n) is 2.93. The largest absolute Gasteiger partial charge is 0.399 e. The van der Waals surface area contributed by atoms with E-state index in [2.05, 4.69) is 20.6 Å². The molecule has 0 radical (unpaired) electrons. The molecule has 1 heterocycles. The first kappa shape index (κ1) is 15.0. The van der Waals surface area contributed by atoms with Crippen molar-refractivity contribution in [2.45, 2.75) is 6.42 Å². The lowest BCUT2D eigenvalue weighted by Crippen LogP contribution is -2.28. The third-order valence-corrected chi connectivity index (χ3v) is 2.93. The molecule has 1 aromatic carbocycles. The number of carbonyl (C=O) groups is 1. The summed E-state index contributed by atoms with van der Waals surface area (Å²) in [5.41, 5.74) is 7.24. The van der Waals surface area contributed by atoms with Crippen molar-refractivity contribution >= 4 is 28.3 Å². The topological polar surface area (TPSA) is 102 Å². The van der Waals surface area contributed by atoms with Crippen molar-refractivity contribution in [3.63, 3.8) is 0 Å². The Kier molecular flexibility index (Phi) is 5.28. The van der Waals surface area contributed by atoms with E-state index in [1.54, 1.807) is 13.2 Å². The predicted octanol–water partition coefficient (Wildman–Crippen LogP) is 0.777. The first-order valence-electron chi connectivity index (χ1n) is 6.70. The summed E-state index contributed by atoms with van der Waals surface area (Å²) in [7, 11) is 1.60. The summed E-state index contributed by atoms with van der Waals surface area (Å²) in [6.07, 6.45) is 1.84. The summed E-state index contributed by atoms with van der Waals surface area (Å²) in [6, 6.07) is 5.45. The molecule has 0 bridgehead atoms. The van der Waals surface area contributed by atoms with Gasteiger partial charge in [-0.1, -0.05) is 0 Å². The molecule has 0 atom stereocenters. The van der Waals surface area contributed by atoms with E-state index in [0.29, 0.717) is 37.6 Å². The Morgan fingerprint density at radius 1 is 1.33 bits per heavy atom. The number of ether oxygens (including phenoxy) is 1. The number of hydrogen-bond donors (Lipinski definition) is 3. The van der Waals surface area contributed by atoms with Gasteiger partial charge in [-0.2, -0.15) is 0 Å². The van der Waals surface area contributed by atoms with Crippen LogP contribution in [0.4, 0.5) is 11.5 Å². The van der Waals surface area contributed by atoms with Crippen LogP contribution in [0.1, 0.15) is 6.42 Å². The van der Waals surface area contributed by atoms with Crippen molar-refractivity contribution in [2.75, 3.05) is 37.9 Å². The van der Waals surface area contributed by atoms with Crippen LogP contribution in [0.2, 0.25) is 0 Å². The number of nitrogen functional groups attached to an aromatic ring is 1. The average Bonchev–Trinajstić information content (AvgIpc) is 2.48. The number of anilines is 2. The predicted molar refractivity (Wildman–Crippen MR) is 81.9 cm³/mol.